The van der Waals surface area contributed by atoms with Crippen LogP contribution in [-0.2, 0) is 16.6 Å². The topological polar surface area (TPSA) is 34.5 Å². The van der Waals surface area contributed by atoms with Crippen molar-refractivity contribution in [2.24, 2.45) is 7.05 Å². The van der Waals surface area contributed by atoms with Crippen LogP contribution in [0.25, 0.3) is 10.9 Å². The lowest BCUT2D eigenvalue weighted by atomic mass is 9.89. The Hall–Kier alpha value is -2.07. The SMILES string of the molecule is C=CC1CCN2C(=O)C(OC)C2c2c1c1ccccc1n2C. The van der Waals surface area contributed by atoms with Crippen LogP contribution in [0.3, 0.4) is 0 Å². The van der Waals surface area contributed by atoms with Crippen LogP contribution in [0.5, 0.6) is 0 Å². The van der Waals surface area contributed by atoms with Gasteiger partial charge in [0.05, 0.1) is 0 Å². The molecule has 4 nitrogen and oxygen atoms in total. The first kappa shape index (κ1) is 13.6. The van der Waals surface area contributed by atoms with Crippen LogP contribution >= 0.6 is 0 Å². The molecule has 1 saturated heterocycles. The van der Waals surface area contributed by atoms with E-state index >= 15 is 0 Å². The van der Waals surface area contributed by atoms with Crippen LogP contribution in [0.15, 0.2) is 36.9 Å². The van der Waals surface area contributed by atoms with Gasteiger partial charge in [-0.2, -0.15) is 0 Å². The Balaban J connectivity index is 2.01. The number of aromatic nitrogens is 1. The summed E-state index contributed by atoms with van der Waals surface area (Å²) < 4.78 is 7.69. The van der Waals surface area contributed by atoms with E-state index in [0.717, 1.165) is 13.0 Å². The lowest BCUT2D eigenvalue weighted by Gasteiger charge is -2.45. The number of nitrogens with zero attached hydrogens (tertiary/aromatic N) is 2. The number of fused-ring (bicyclic) bond motifs is 5. The minimum absolute atomic E-state index is 0.0230. The van der Waals surface area contributed by atoms with Gasteiger partial charge >= 0.3 is 0 Å². The fourth-order valence-electron chi connectivity index (χ4n) is 4.13. The van der Waals surface area contributed by atoms with Crippen LogP contribution in [0.4, 0.5) is 0 Å². The molecule has 3 atom stereocenters. The Kier molecular flexibility index (Phi) is 2.91. The lowest BCUT2D eigenvalue weighted by Crippen LogP contribution is -2.59. The standard InChI is InChI=1S/C18H20N2O2/c1-4-11-9-10-20-16(17(22-3)18(20)21)15-14(11)12-7-5-6-8-13(12)19(15)2/h4-8,11,16-17H,1,9-10H2,2-3H3. The fraction of sp³-hybridized carbons (Fsp3) is 0.389. The van der Waals surface area contributed by atoms with Crippen molar-refractivity contribution in [1.29, 1.82) is 0 Å². The maximum Gasteiger partial charge on any atom is 0.254 e. The van der Waals surface area contributed by atoms with E-state index < -0.39 is 0 Å². The highest BCUT2D eigenvalue weighted by Gasteiger charge is 2.52. The molecular weight excluding hydrogens is 276 g/mol. The number of allylic oxidation sites excluding steroid dienone is 1. The Morgan fingerprint density at radius 1 is 1.36 bits per heavy atom. The molecule has 0 saturated carbocycles. The van der Waals surface area contributed by atoms with Crippen LogP contribution < -0.4 is 0 Å². The van der Waals surface area contributed by atoms with Crippen molar-refractivity contribution in [3.8, 4) is 0 Å². The molecule has 2 aromatic rings. The highest BCUT2D eigenvalue weighted by Crippen LogP contribution is 2.47. The van der Waals surface area contributed by atoms with Gasteiger partial charge in [-0.3, -0.25) is 4.79 Å². The first-order valence-corrected chi connectivity index (χ1v) is 7.72. The van der Waals surface area contributed by atoms with E-state index in [9.17, 15) is 4.79 Å². The smallest absolute Gasteiger partial charge is 0.254 e. The van der Waals surface area contributed by atoms with Gasteiger partial charge in [0.25, 0.3) is 5.91 Å². The highest BCUT2D eigenvalue weighted by molar-refractivity contribution is 5.92. The number of amides is 1. The maximum atomic E-state index is 12.3. The number of para-hydroxylation sites is 1. The monoisotopic (exact) mass is 296 g/mol. The van der Waals surface area contributed by atoms with Crippen LogP contribution in [0.2, 0.25) is 0 Å². The zero-order chi connectivity index (χ0) is 15.4. The van der Waals surface area contributed by atoms with Crippen molar-refractivity contribution >= 4 is 16.8 Å². The number of ether oxygens (including phenoxy) is 1. The van der Waals surface area contributed by atoms with Gasteiger partial charge in [-0.05, 0) is 18.1 Å². The lowest BCUT2D eigenvalue weighted by molar-refractivity contribution is -0.171. The van der Waals surface area contributed by atoms with E-state index in [1.807, 2.05) is 11.0 Å². The molecule has 4 rings (SSSR count). The van der Waals surface area contributed by atoms with Gasteiger partial charge in [-0.15, -0.1) is 6.58 Å². The Morgan fingerprint density at radius 2 is 2.14 bits per heavy atom. The number of hydrogen-bond acceptors (Lipinski definition) is 2. The number of rotatable bonds is 2. The second-order valence-corrected chi connectivity index (χ2v) is 6.14. The first-order valence-electron chi connectivity index (χ1n) is 7.72. The van der Waals surface area contributed by atoms with Crippen molar-refractivity contribution < 1.29 is 9.53 Å². The molecule has 0 radical (unpaired) electrons. The number of benzene rings is 1. The summed E-state index contributed by atoms with van der Waals surface area (Å²) in [5.74, 6) is 0.380. The van der Waals surface area contributed by atoms with Gasteiger partial charge in [0.15, 0.2) is 6.10 Å². The predicted molar refractivity (Wildman–Crippen MR) is 85.7 cm³/mol. The molecule has 3 unspecified atom stereocenters. The quantitative estimate of drug-likeness (QED) is 0.631. The fourth-order valence-corrected chi connectivity index (χ4v) is 4.13. The van der Waals surface area contributed by atoms with Crippen LogP contribution in [-0.4, -0.2) is 35.1 Å². The molecule has 0 bridgehead atoms. The maximum absolute atomic E-state index is 12.3. The molecule has 4 heteroatoms. The number of hydrogen-bond donors (Lipinski definition) is 0. The number of β-lactam (4-membered cyclic amide) rings is 1. The summed E-state index contributed by atoms with van der Waals surface area (Å²) in [6.07, 6.45) is 2.58. The number of methoxy groups -OCH3 is 1. The molecule has 3 heterocycles. The molecular formula is C18H20N2O2. The molecule has 0 N–H and O–H groups in total. The highest BCUT2D eigenvalue weighted by atomic mass is 16.5. The second kappa shape index (κ2) is 4.71. The van der Waals surface area contributed by atoms with E-state index in [0.29, 0.717) is 0 Å². The van der Waals surface area contributed by atoms with Gasteiger partial charge in [0, 0.05) is 43.2 Å². The molecule has 22 heavy (non-hydrogen) atoms. The number of carbonyl (C=O) groups is 1. The number of aryl methyl sites for hydroxylation is 1. The predicted octanol–water partition coefficient (Wildman–Crippen LogP) is 2.75. The van der Waals surface area contributed by atoms with Crippen molar-refractivity contribution in [3.05, 3.63) is 48.2 Å². The summed E-state index contributed by atoms with van der Waals surface area (Å²) in [5, 5.41) is 1.26. The summed E-state index contributed by atoms with van der Waals surface area (Å²) in [4.78, 5) is 14.2. The normalized spacial score (nSPS) is 27.1. The average molecular weight is 296 g/mol. The molecule has 1 aromatic heterocycles. The molecule has 2 aliphatic rings. The van der Waals surface area contributed by atoms with E-state index in [4.69, 9.17) is 4.74 Å². The Bertz CT molecular complexity index is 777. The van der Waals surface area contributed by atoms with E-state index in [1.54, 1.807) is 7.11 Å². The van der Waals surface area contributed by atoms with Gasteiger partial charge < -0.3 is 14.2 Å². The van der Waals surface area contributed by atoms with Crippen molar-refractivity contribution in [1.82, 2.24) is 9.47 Å². The molecule has 0 aliphatic carbocycles. The summed E-state index contributed by atoms with van der Waals surface area (Å²) in [7, 11) is 3.71. The molecule has 0 spiro atoms. The minimum atomic E-state index is -0.356. The largest absolute Gasteiger partial charge is 0.369 e. The number of carbonyl (C=O) groups excluding carboxylic acids is 1. The summed E-state index contributed by atoms with van der Waals surface area (Å²) in [5.41, 5.74) is 3.72. The average Bonchev–Trinajstić information content (AvgIpc) is 2.73. The zero-order valence-electron chi connectivity index (χ0n) is 13.0. The van der Waals surface area contributed by atoms with E-state index in [2.05, 4.69) is 42.5 Å². The Labute approximate surface area is 130 Å². The van der Waals surface area contributed by atoms with Crippen molar-refractivity contribution in [3.63, 3.8) is 0 Å². The molecule has 1 aromatic carbocycles. The summed E-state index contributed by atoms with van der Waals surface area (Å²) in [6, 6.07) is 8.46. The van der Waals surface area contributed by atoms with Crippen molar-refractivity contribution in [2.75, 3.05) is 13.7 Å². The van der Waals surface area contributed by atoms with Crippen LogP contribution in [0, 0.1) is 0 Å². The third-order valence-electron chi connectivity index (χ3n) is 5.21. The third-order valence-corrected chi connectivity index (χ3v) is 5.21. The van der Waals surface area contributed by atoms with E-state index in [-0.39, 0.29) is 24.0 Å². The van der Waals surface area contributed by atoms with Gasteiger partial charge in [-0.1, -0.05) is 24.3 Å². The van der Waals surface area contributed by atoms with Crippen LogP contribution in [0.1, 0.15) is 29.6 Å². The second-order valence-electron chi connectivity index (χ2n) is 6.14. The first-order chi connectivity index (χ1) is 10.7. The molecule has 1 amide bonds. The zero-order valence-corrected chi connectivity index (χ0v) is 13.0. The minimum Gasteiger partial charge on any atom is -0.369 e. The summed E-state index contributed by atoms with van der Waals surface area (Å²) >= 11 is 0. The molecule has 1 fully saturated rings. The Morgan fingerprint density at radius 3 is 2.86 bits per heavy atom. The third kappa shape index (κ3) is 1.53. The van der Waals surface area contributed by atoms with Gasteiger partial charge in [0.2, 0.25) is 0 Å². The van der Waals surface area contributed by atoms with E-state index in [1.165, 1.54) is 22.2 Å². The summed E-state index contributed by atoms with van der Waals surface area (Å²) in [6.45, 7) is 4.79. The molecule has 114 valence electrons. The van der Waals surface area contributed by atoms with Gasteiger partial charge in [-0.25, -0.2) is 0 Å². The van der Waals surface area contributed by atoms with Gasteiger partial charge in [0.1, 0.15) is 6.04 Å². The van der Waals surface area contributed by atoms with Crippen molar-refractivity contribution in [2.45, 2.75) is 24.5 Å². The molecule has 2 aliphatic heterocycles.